The third-order valence-electron chi connectivity index (χ3n) is 6.82. The van der Waals surface area contributed by atoms with Crippen LogP contribution in [0.5, 0.6) is 5.75 Å². The number of ether oxygens (including phenoxy) is 1. The van der Waals surface area contributed by atoms with E-state index >= 15 is 0 Å². The van der Waals surface area contributed by atoms with E-state index in [1.165, 1.54) is 12.0 Å². The lowest BCUT2D eigenvalue weighted by Crippen LogP contribution is -2.45. The van der Waals surface area contributed by atoms with Gasteiger partial charge in [-0.05, 0) is 49.1 Å². The minimum Gasteiger partial charge on any atom is -0.497 e. The van der Waals surface area contributed by atoms with Crippen LogP contribution in [0, 0.1) is 11.3 Å². The van der Waals surface area contributed by atoms with Gasteiger partial charge in [0.1, 0.15) is 5.75 Å². The molecule has 0 radical (unpaired) electrons. The number of anilines is 1. The number of nitrogens with zero attached hydrogens (tertiary/aromatic N) is 3. The zero-order valence-corrected chi connectivity index (χ0v) is 17.2. The molecule has 3 heterocycles. The van der Waals surface area contributed by atoms with Crippen molar-refractivity contribution in [3.8, 4) is 5.75 Å². The lowest BCUT2D eigenvalue weighted by Gasteiger charge is -2.41. The summed E-state index contributed by atoms with van der Waals surface area (Å²) in [6, 6.07) is 7.84. The fraction of sp³-hybridized carbons (Fsp3) is 0.435. The number of benzene rings is 1. The Labute approximate surface area is 175 Å². The van der Waals surface area contributed by atoms with Crippen molar-refractivity contribution >= 4 is 22.8 Å². The SMILES string of the molecule is COc1ccc2[nH]cc(CCNC(=O)C3CN(c4ncccn4)CC34CCC4)c2c1. The number of amides is 1. The fourth-order valence-electron chi connectivity index (χ4n) is 5.01. The summed E-state index contributed by atoms with van der Waals surface area (Å²) >= 11 is 0. The number of carbonyl (C=O) groups excluding carboxylic acids is 1. The molecule has 1 saturated heterocycles. The van der Waals surface area contributed by atoms with Crippen LogP contribution < -0.4 is 15.0 Å². The van der Waals surface area contributed by atoms with Crippen LogP contribution in [0.4, 0.5) is 5.95 Å². The van der Waals surface area contributed by atoms with Crippen molar-refractivity contribution in [3.05, 3.63) is 48.4 Å². The van der Waals surface area contributed by atoms with Crippen LogP contribution in [0.15, 0.2) is 42.9 Å². The molecule has 2 aliphatic rings. The minimum atomic E-state index is -0.00174. The molecular formula is C23H27N5O2. The number of H-pyrrole nitrogens is 1. The number of nitrogens with one attached hydrogen (secondary N) is 2. The Morgan fingerprint density at radius 2 is 2.17 bits per heavy atom. The maximum atomic E-state index is 13.1. The Kier molecular flexibility index (Phi) is 4.81. The summed E-state index contributed by atoms with van der Waals surface area (Å²) in [5.41, 5.74) is 2.35. The van der Waals surface area contributed by atoms with E-state index in [4.69, 9.17) is 4.74 Å². The summed E-state index contributed by atoms with van der Waals surface area (Å²) in [5.74, 6) is 1.73. The highest BCUT2D eigenvalue weighted by Crippen LogP contribution is 2.52. The normalized spacial score (nSPS) is 19.8. The first kappa shape index (κ1) is 18.9. The van der Waals surface area contributed by atoms with Crippen LogP contribution in [0.2, 0.25) is 0 Å². The van der Waals surface area contributed by atoms with Crippen molar-refractivity contribution in [3.63, 3.8) is 0 Å². The first-order valence-electron chi connectivity index (χ1n) is 10.6. The van der Waals surface area contributed by atoms with Crippen molar-refractivity contribution < 1.29 is 9.53 Å². The molecule has 1 unspecified atom stereocenters. The molecule has 0 bridgehead atoms. The van der Waals surface area contributed by atoms with Gasteiger partial charge in [0, 0.05) is 54.5 Å². The molecule has 1 spiro atoms. The highest BCUT2D eigenvalue weighted by atomic mass is 16.5. The highest BCUT2D eigenvalue weighted by Gasteiger charge is 2.53. The Balaban J connectivity index is 1.24. The van der Waals surface area contributed by atoms with E-state index in [0.717, 1.165) is 48.4 Å². The molecule has 5 rings (SSSR count). The Morgan fingerprint density at radius 1 is 1.33 bits per heavy atom. The number of aromatic nitrogens is 3. The van der Waals surface area contributed by atoms with Gasteiger partial charge in [-0.2, -0.15) is 0 Å². The van der Waals surface area contributed by atoms with Gasteiger partial charge < -0.3 is 19.9 Å². The maximum Gasteiger partial charge on any atom is 0.225 e. The van der Waals surface area contributed by atoms with Crippen molar-refractivity contribution in [1.82, 2.24) is 20.3 Å². The lowest BCUT2D eigenvalue weighted by molar-refractivity contribution is -0.129. The third-order valence-corrected chi connectivity index (χ3v) is 6.82. The largest absolute Gasteiger partial charge is 0.497 e. The smallest absolute Gasteiger partial charge is 0.225 e. The Morgan fingerprint density at radius 3 is 2.90 bits per heavy atom. The van der Waals surface area contributed by atoms with Gasteiger partial charge in [0.05, 0.1) is 13.0 Å². The number of hydrogen-bond donors (Lipinski definition) is 2. The van der Waals surface area contributed by atoms with Gasteiger partial charge in [-0.1, -0.05) is 6.42 Å². The zero-order valence-electron chi connectivity index (χ0n) is 17.2. The van der Waals surface area contributed by atoms with Crippen LogP contribution >= 0.6 is 0 Å². The summed E-state index contributed by atoms with van der Waals surface area (Å²) in [6.07, 6.45) is 9.74. The quantitative estimate of drug-likeness (QED) is 0.659. The van der Waals surface area contributed by atoms with E-state index in [1.807, 2.05) is 30.5 Å². The van der Waals surface area contributed by atoms with E-state index in [9.17, 15) is 4.79 Å². The highest BCUT2D eigenvalue weighted by molar-refractivity contribution is 5.85. The molecule has 2 aromatic heterocycles. The second-order valence-electron chi connectivity index (χ2n) is 8.46. The average molecular weight is 406 g/mol. The zero-order chi connectivity index (χ0) is 20.6. The first-order chi connectivity index (χ1) is 14.7. The summed E-state index contributed by atoms with van der Waals surface area (Å²) in [4.78, 5) is 27.4. The molecule has 1 aliphatic carbocycles. The Bertz CT molecular complexity index is 1040. The van der Waals surface area contributed by atoms with Crippen molar-refractivity contribution in [2.24, 2.45) is 11.3 Å². The van der Waals surface area contributed by atoms with E-state index in [-0.39, 0.29) is 17.2 Å². The maximum absolute atomic E-state index is 13.1. The van der Waals surface area contributed by atoms with Crippen molar-refractivity contribution in [2.45, 2.75) is 25.7 Å². The van der Waals surface area contributed by atoms with Crippen LogP contribution in [0.1, 0.15) is 24.8 Å². The molecule has 156 valence electrons. The van der Waals surface area contributed by atoms with Crippen molar-refractivity contribution in [2.75, 3.05) is 31.6 Å². The molecule has 2 fully saturated rings. The van der Waals surface area contributed by atoms with E-state index in [0.29, 0.717) is 13.1 Å². The molecule has 7 heteroatoms. The summed E-state index contributed by atoms with van der Waals surface area (Å²) < 4.78 is 5.35. The predicted octanol–water partition coefficient (Wildman–Crippen LogP) is 2.93. The lowest BCUT2D eigenvalue weighted by atomic mass is 9.62. The summed E-state index contributed by atoms with van der Waals surface area (Å²) in [7, 11) is 1.68. The molecular weight excluding hydrogens is 378 g/mol. The van der Waals surface area contributed by atoms with Gasteiger partial charge in [0.25, 0.3) is 0 Å². The van der Waals surface area contributed by atoms with Crippen LogP contribution in [-0.2, 0) is 11.2 Å². The fourth-order valence-corrected chi connectivity index (χ4v) is 5.01. The molecule has 1 saturated carbocycles. The molecule has 1 aliphatic heterocycles. The van der Waals surface area contributed by atoms with Crippen LogP contribution in [-0.4, -0.2) is 47.6 Å². The van der Waals surface area contributed by atoms with Gasteiger partial charge >= 0.3 is 0 Å². The molecule has 7 nitrogen and oxygen atoms in total. The number of hydrogen-bond acceptors (Lipinski definition) is 5. The van der Waals surface area contributed by atoms with Crippen LogP contribution in [0.25, 0.3) is 10.9 Å². The monoisotopic (exact) mass is 405 g/mol. The van der Waals surface area contributed by atoms with E-state index < -0.39 is 0 Å². The number of carbonyl (C=O) groups is 1. The van der Waals surface area contributed by atoms with Crippen LogP contribution in [0.3, 0.4) is 0 Å². The number of methoxy groups -OCH3 is 1. The second-order valence-corrected chi connectivity index (χ2v) is 8.46. The van der Waals surface area contributed by atoms with Crippen molar-refractivity contribution in [1.29, 1.82) is 0 Å². The van der Waals surface area contributed by atoms with Gasteiger partial charge in [-0.3, -0.25) is 4.79 Å². The third kappa shape index (κ3) is 3.28. The topological polar surface area (TPSA) is 83.1 Å². The predicted molar refractivity (Wildman–Crippen MR) is 116 cm³/mol. The van der Waals surface area contributed by atoms with Gasteiger partial charge in [0.15, 0.2) is 0 Å². The summed E-state index contributed by atoms with van der Waals surface area (Å²) in [5, 5.41) is 4.35. The molecule has 30 heavy (non-hydrogen) atoms. The Hall–Kier alpha value is -3.09. The first-order valence-corrected chi connectivity index (χ1v) is 10.6. The van der Waals surface area contributed by atoms with Gasteiger partial charge in [-0.25, -0.2) is 9.97 Å². The van der Waals surface area contributed by atoms with Gasteiger partial charge in [-0.15, -0.1) is 0 Å². The molecule has 1 amide bonds. The van der Waals surface area contributed by atoms with Gasteiger partial charge in [0.2, 0.25) is 11.9 Å². The average Bonchev–Trinajstić information content (AvgIpc) is 3.36. The summed E-state index contributed by atoms with van der Waals surface area (Å²) in [6.45, 7) is 2.19. The standard InChI is InChI=1S/C23H27N5O2/c1-30-17-4-5-20-18(12-17)16(13-27-20)6-11-24-21(29)19-14-28(15-23(19)7-2-8-23)22-25-9-3-10-26-22/h3-5,9-10,12-13,19,27H,2,6-8,11,14-15H2,1H3,(H,24,29). The van der Waals surface area contributed by atoms with E-state index in [1.54, 1.807) is 19.5 Å². The molecule has 3 aromatic rings. The molecule has 1 aromatic carbocycles. The molecule has 1 atom stereocenters. The number of aromatic amines is 1. The number of rotatable bonds is 6. The molecule has 2 N–H and O–H groups in total. The van der Waals surface area contributed by atoms with E-state index in [2.05, 4.69) is 25.2 Å². The minimum absolute atomic E-state index is 0.00174. The second kappa shape index (κ2) is 7.63. The number of fused-ring (bicyclic) bond motifs is 1.